The molecule has 128 valence electrons. The largest absolute Gasteiger partial charge is 0.338 e. The van der Waals surface area contributed by atoms with Gasteiger partial charge in [-0.15, -0.1) is 0 Å². The van der Waals surface area contributed by atoms with Gasteiger partial charge in [-0.05, 0) is 54.1 Å². The highest BCUT2D eigenvalue weighted by atomic mass is 35.5. The lowest BCUT2D eigenvalue weighted by Crippen LogP contribution is -2.14. The Morgan fingerprint density at radius 2 is 1.69 bits per heavy atom. The molecule has 0 radical (unpaired) electrons. The van der Waals surface area contributed by atoms with Crippen LogP contribution in [0.3, 0.4) is 0 Å². The van der Waals surface area contributed by atoms with Crippen LogP contribution in [0.5, 0.6) is 0 Å². The van der Waals surface area contributed by atoms with Crippen LogP contribution >= 0.6 is 11.6 Å². The molecule has 0 fully saturated rings. The maximum atomic E-state index is 12.2. The van der Waals surface area contributed by atoms with Gasteiger partial charge in [0.05, 0.1) is 17.5 Å². The van der Waals surface area contributed by atoms with Crippen molar-refractivity contribution in [2.45, 2.75) is 6.42 Å². The summed E-state index contributed by atoms with van der Waals surface area (Å²) in [5, 5.41) is 3.57. The van der Waals surface area contributed by atoms with Crippen LogP contribution in [0.4, 0.5) is 5.69 Å². The Hall–Kier alpha value is -3.11. The summed E-state index contributed by atoms with van der Waals surface area (Å²) in [6, 6.07) is 22.8. The molecule has 4 aromatic rings. The molecule has 0 saturated heterocycles. The number of carbonyl (C=O) groups excluding carboxylic acids is 1. The van der Waals surface area contributed by atoms with Gasteiger partial charge in [0.25, 0.3) is 0 Å². The van der Waals surface area contributed by atoms with E-state index >= 15 is 0 Å². The molecule has 1 amide bonds. The van der Waals surface area contributed by atoms with Crippen LogP contribution in [0.25, 0.3) is 22.4 Å². The van der Waals surface area contributed by atoms with E-state index in [0.29, 0.717) is 11.4 Å². The first kappa shape index (κ1) is 16.4. The second kappa shape index (κ2) is 7.02. The maximum absolute atomic E-state index is 12.2. The molecule has 0 atom stereocenters. The predicted molar refractivity (Wildman–Crippen MR) is 105 cm³/mol. The molecule has 1 aromatic heterocycles. The Balaban J connectivity index is 1.45. The molecular formula is C21H16ClN3O. The summed E-state index contributed by atoms with van der Waals surface area (Å²) in [5.41, 5.74) is 4.58. The summed E-state index contributed by atoms with van der Waals surface area (Å²) in [7, 11) is 0. The highest BCUT2D eigenvalue weighted by Crippen LogP contribution is 2.22. The first-order valence-electron chi connectivity index (χ1n) is 8.27. The highest BCUT2D eigenvalue weighted by molar-refractivity contribution is 6.30. The van der Waals surface area contributed by atoms with E-state index in [-0.39, 0.29) is 5.91 Å². The molecular weight excluding hydrogens is 346 g/mol. The number of amides is 1. The summed E-state index contributed by atoms with van der Waals surface area (Å²) in [4.78, 5) is 20.1. The zero-order chi connectivity index (χ0) is 17.9. The Morgan fingerprint density at radius 1 is 0.962 bits per heavy atom. The fourth-order valence-electron chi connectivity index (χ4n) is 2.79. The molecule has 2 N–H and O–H groups in total. The number of H-pyrrole nitrogens is 1. The van der Waals surface area contributed by atoms with Gasteiger partial charge in [-0.1, -0.05) is 35.9 Å². The molecule has 0 saturated carbocycles. The van der Waals surface area contributed by atoms with Crippen molar-refractivity contribution in [3.8, 4) is 11.4 Å². The number of fused-ring (bicyclic) bond motifs is 1. The predicted octanol–water partition coefficient (Wildman–Crippen LogP) is 5.06. The normalized spacial score (nSPS) is 10.8. The summed E-state index contributed by atoms with van der Waals surface area (Å²) in [6.45, 7) is 0. The third-order valence-electron chi connectivity index (χ3n) is 4.11. The number of aromatic amines is 1. The molecule has 0 aliphatic heterocycles. The second-order valence-corrected chi connectivity index (χ2v) is 6.47. The van der Waals surface area contributed by atoms with Gasteiger partial charge in [0, 0.05) is 16.3 Å². The average molecular weight is 362 g/mol. The molecule has 4 nitrogen and oxygen atoms in total. The molecule has 0 aliphatic rings. The zero-order valence-corrected chi connectivity index (χ0v) is 14.6. The van der Waals surface area contributed by atoms with Crippen molar-refractivity contribution >= 4 is 34.2 Å². The van der Waals surface area contributed by atoms with Crippen molar-refractivity contribution in [3.05, 3.63) is 83.4 Å². The summed E-state index contributed by atoms with van der Waals surface area (Å²) >= 11 is 5.86. The number of hydrogen-bond donors (Lipinski definition) is 2. The molecule has 4 rings (SSSR count). The van der Waals surface area contributed by atoms with Gasteiger partial charge in [-0.3, -0.25) is 4.79 Å². The number of para-hydroxylation sites is 2. The number of hydrogen-bond acceptors (Lipinski definition) is 2. The zero-order valence-electron chi connectivity index (χ0n) is 13.9. The van der Waals surface area contributed by atoms with Gasteiger partial charge in [0.1, 0.15) is 5.82 Å². The molecule has 0 aliphatic carbocycles. The van der Waals surface area contributed by atoms with E-state index in [1.165, 1.54) is 0 Å². The first-order chi connectivity index (χ1) is 12.7. The third kappa shape index (κ3) is 3.60. The number of nitrogens with one attached hydrogen (secondary N) is 2. The van der Waals surface area contributed by atoms with Crippen molar-refractivity contribution < 1.29 is 4.79 Å². The van der Waals surface area contributed by atoms with Gasteiger partial charge in [0.15, 0.2) is 0 Å². The van der Waals surface area contributed by atoms with Gasteiger partial charge in [-0.2, -0.15) is 0 Å². The fourth-order valence-corrected chi connectivity index (χ4v) is 2.92. The van der Waals surface area contributed by atoms with E-state index in [1.54, 1.807) is 12.1 Å². The number of imidazole rings is 1. The van der Waals surface area contributed by atoms with Crippen molar-refractivity contribution in [3.63, 3.8) is 0 Å². The molecule has 0 spiro atoms. The van der Waals surface area contributed by atoms with Gasteiger partial charge >= 0.3 is 0 Å². The summed E-state index contributed by atoms with van der Waals surface area (Å²) in [6.07, 6.45) is 0.308. The topological polar surface area (TPSA) is 57.8 Å². The van der Waals surface area contributed by atoms with E-state index in [0.717, 1.165) is 33.7 Å². The van der Waals surface area contributed by atoms with Crippen LogP contribution in [-0.4, -0.2) is 15.9 Å². The van der Waals surface area contributed by atoms with E-state index in [1.807, 2.05) is 60.7 Å². The lowest BCUT2D eigenvalue weighted by atomic mass is 10.1. The van der Waals surface area contributed by atoms with Crippen molar-refractivity contribution in [1.29, 1.82) is 0 Å². The van der Waals surface area contributed by atoms with E-state index in [2.05, 4.69) is 15.3 Å². The number of anilines is 1. The standard InChI is InChI=1S/C21H16ClN3O/c22-16-9-5-14(6-10-16)13-20(26)23-17-11-7-15(8-12-17)21-24-18-3-1-2-4-19(18)25-21/h1-12H,13H2,(H,23,26)(H,24,25). The average Bonchev–Trinajstić information content (AvgIpc) is 3.08. The molecule has 3 aromatic carbocycles. The molecule has 1 heterocycles. The minimum absolute atomic E-state index is 0.0659. The molecule has 0 unspecified atom stereocenters. The van der Waals surface area contributed by atoms with Crippen molar-refractivity contribution in [2.75, 3.05) is 5.32 Å². The van der Waals surface area contributed by atoms with Crippen LogP contribution in [0.15, 0.2) is 72.8 Å². The number of nitrogens with zero attached hydrogens (tertiary/aromatic N) is 1. The van der Waals surface area contributed by atoms with Crippen LogP contribution in [-0.2, 0) is 11.2 Å². The van der Waals surface area contributed by atoms with Gasteiger partial charge in [-0.25, -0.2) is 4.98 Å². The van der Waals surface area contributed by atoms with E-state index < -0.39 is 0 Å². The van der Waals surface area contributed by atoms with E-state index in [9.17, 15) is 4.79 Å². The van der Waals surface area contributed by atoms with Crippen LogP contribution in [0, 0.1) is 0 Å². The molecule has 5 heteroatoms. The van der Waals surface area contributed by atoms with Crippen molar-refractivity contribution in [1.82, 2.24) is 9.97 Å². The quantitative estimate of drug-likeness (QED) is 0.533. The van der Waals surface area contributed by atoms with Gasteiger partial charge < -0.3 is 10.3 Å². The highest BCUT2D eigenvalue weighted by Gasteiger charge is 2.07. The number of benzene rings is 3. The van der Waals surface area contributed by atoms with Crippen LogP contribution in [0.2, 0.25) is 5.02 Å². The summed E-state index contributed by atoms with van der Waals surface area (Å²) < 4.78 is 0. The summed E-state index contributed by atoms with van der Waals surface area (Å²) in [5.74, 6) is 0.744. The minimum atomic E-state index is -0.0659. The maximum Gasteiger partial charge on any atom is 0.228 e. The smallest absolute Gasteiger partial charge is 0.228 e. The number of halogens is 1. The van der Waals surface area contributed by atoms with Crippen molar-refractivity contribution in [2.24, 2.45) is 0 Å². The Morgan fingerprint density at radius 3 is 2.42 bits per heavy atom. The van der Waals surface area contributed by atoms with E-state index in [4.69, 9.17) is 11.6 Å². The monoisotopic (exact) mass is 361 g/mol. The number of rotatable bonds is 4. The Labute approximate surface area is 155 Å². The third-order valence-corrected chi connectivity index (χ3v) is 4.36. The fraction of sp³-hybridized carbons (Fsp3) is 0.0476. The first-order valence-corrected chi connectivity index (χ1v) is 8.65. The molecule has 26 heavy (non-hydrogen) atoms. The SMILES string of the molecule is O=C(Cc1ccc(Cl)cc1)Nc1ccc(-c2nc3ccccc3[nH]2)cc1. The lowest BCUT2D eigenvalue weighted by Gasteiger charge is -2.06. The Bertz CT molecular complexity index is 1020. The molecule has 0 bridgehead atoms. The second-order valence-electron chi connectivity index (χ2n) is 6.03. The lowest BCUT2D eigenvalue weighted by molar-refractivity contribution is -0.115. The van der Waals surface area contributed by atoms with Crippen LogP contribution < -0.4 is 5.32 Å². The number of aromatic nitrogens is 2. The Kier molecular flexibility index (Phi) is 4.42. The van der Waals surface area contributed by atoms with Crippen LogP contribution in [0.1, 0.15) is 5.56 Å². The number of carbonyl (C=O) groups is 1. The van der Waals surface area contributed by atoms with Gasteiger partial charge in [0.2, 0.25) is 5.91 Å². The minimum Gasteiger partial charge on any atom is -0.338 e.